The zero-order valence-corrected chi connectivity index (χ0v) is 11.5. The Hall–Kier alpha value is -2.06. The van der Waals surface area contributed by atoms with Crippen molar-refractivity contribution >= 4 is 11.4 Å². The van der Waals surface area contributed by atoms with Gasteiger partial charge < -0.3 is 24.8 Å². The minimum atomic E-state index is -0.425. The Morgan fingerprint density at radius 3 is 2.71 bits per heavy atom. The molecule has 1 saturated heterocycles. The molecule has 2 N–H and O–H groups in total. The average molecular weight is 295 g/mol. The lowest BCUT2D eigenvalue weighted by Gasteiger charge is -2.25. The predicted molar refractivity (Wildman–Crippen MR) is 75.2 cm³/mol. The van der Waals surface area contributed by atoms with Crippen molar-refractivity contribution < 1.29 is 19.1 Å². The van der Waals surface area contributed by atoms with Crippen LogP contribution in [0.15, 0.2) is 12.1 Å². The molecule has 8 heteroatoms. The number of anilines is 1. The molecular weight excluding hydrogens is 278 g/mol. The molecule has 8 nitrogen and oxygen atoms in total. The molecule has 3 rings (SSSR count). The van der Waals surface area contributed by atoms with Crippen molar-refractivity contribution in [3.05, 3.63) is 22.2 Å². The van der Waals surface area contributed by atoms with Gasteiger partial charge in [0.15, 0.2) is 11.5 Å². The Morgan fingerprint density at radius 2 is 2.05 bits per heavy atom. The van der Waals surface area contributed by atoms with Gasteiger partial charge in [-0.05, 0) is 0 Å². The smallest absolute Gasteiger partial charge is 0.296 e. The fraction of sp³-hybridized carbons (Fsp3) is 0.538. The second-order valence-corrected chi connectivity index (χ2v) is 4.88. The van der Waals surface area contributed by atoms with Crippen LogP contribution in [0.25, 0.3) is 0 Å². The molecule has 0 aromatic heterocycles. The van der Waals surface area contributed by atoms with Crippen LogP contribution in [0.5, 0.6) is 11.5 Å². The van der Waals surface area contributed by atoms with Crippen LogP contribution in [-0.4, -0.2) is 50.5 Å². The van der Waals surface area contributed by atoms with Crippen LogP contribution in [0.1, 0.15) is 0 Å². The van der Waals surface area contributed by atoms with Crippen LogP contribution in [-0.2, 0) is 4.74 Å². The van der Waals surface area contributed by atoms with Crippen LogP contribution in [0.2, 0.25) is 0 Å². The Balaban J connectivity index is 1.77. The van der Waals surface area contributed by atoms with E-state index in [2.05, 4.69) is 10.6 Å². The van der Waals surface area contributed by atoms with E-state index in [4.69, 9.17) is 14.2 Å². The lowest BCUT2D eigenvalue weighted by atomic mass is 10.2. The normalized spacial score (nSPS) is 20.9. The summed E-state index contributed by atoms with van der Waals surface area (Å²) < 4.78 is 16.2. The second kappa shape index (κ2) is 6.15. The molecule has 1 unspecified atom stereocenters. The molecule has 0 bridgehead atoms. The van der Waals surface area contributed by atoms with Gasteiger partial charge in [-0.25, -0.2) is 0 Å². The maximum atomic E-state index is 11.2. The van der Waals surface area contributed by atoms with Gasteiger partial charge in [0.2, 0.25) is 0 Å². The highest BCUT2D eigenvalue weighted by Gasteiger charge is 2.23. The van der Waals surface area contributed by atoms with E-state index in [1.165, 1.54) is 6.07 Å². The fourth-order valence-corrected chi connectivity index (χ4v) is 2.35. The standard InChI is InChI=1S/C13H17N3O5/c17-16(18)11-6-13-12(20-3-4-21-13)5-10(11)15-7-9-8-19-2-1-14-9/h5-6,9,14-15H,1-4,7-8H2. The third-order valence-electron chi connectivity index (χ3n) is 3.39. The van der Waals surface area contributed by atoms with Gasteiger partial charge in [-0.1, -0.05) is 0 Å². The van der Waals surface area contributed by atoms with E-state index >= 15 is 0 Å². The molecule has 0 amide bonds. The average Bonchev–Trinajstić information content (AvgIpc) is 2.53. The van der Waals surface area contributed by atoms with Crippen LogP contribution in [0.4, 0.5) is 11.4 Å². The van der Waals surface area contributed by atoms with E-state index in [1.807, 2.05) is 0 Å². The van der Waals surface area contributed by atoms with Crippen molar-refractivity contribution in [1.82, 2.24) is 5.32 Å². The zero-order valence-electron chi connectivity index (χ0n) is 11.5. The minimum absolute atomic E-state index is 0.0176. The van der Waals surface area contributed by atoms with Crippen molar-refractivity contribution in [2.45, 2.75) is 6.04 Å². The summed E-state index contributed by atoms with van der Waals surface area (Å²) in [5.74, 6) is 0.944. The molecule has 114 valence electrons. The number of morpholine rings is 1. The number of fused-ring (bicyclic) bond motifs is 1. The van der Waals surface area contributed by atoms with E-state index in [-0.39, 0.29) is 11.7 Å². The van der Waals surface area contributed by atoms with E-state index in [1.54, 1.807) is 6.07 Å². The summed E-state index contributed by atoms with van der Waals surface area (Å²) in [6, 6.07) is 3.16. The minimum Gasteiger partial charge on any atom is -0.486 e. The van der Waals surface area contributed by atoms with Gasteiger partial charge >= 0.3 is 0 Å². The summed E-state index contributed by atoms with van der Waals surface area (Å²) in [6.07, 6.45) is 0. The van der Waals surface area contributed by atoms with Crippen molar-refractivity contribution in [3.63, 3.8) is 0 Å². The summed E-state index contributed by atoms with van der Waals surface area (Å²) in [4.78, 5) is 10.8. The van der Waals surface area contributed by atoms with Crippen molar-refractivity contribution in [2.24, 2.45) is 0 Å². The van der Waals surface area contributed by atoms with Crippen molar-refractivity contribution in [1.29, 1.82) is 0 Å². The van der Waals surface area contributed by atoms with Gasteiger partial charge in [0, 0.05) is 25.2 Å². The molecular formula is C13H17N3O5. The van der Waals surface area contributed by atoms with E-state index < -0.39 is 4.92 Å². The topological polar surface area (TPSA) is 94.9 Å². The van der Waals surface area contributed by atoms with Crippen molar-refractivity contribution in [3.8, 4) is 11.5 Å². The highest BCUT2D eigenvalue weighted by Crippen LogP contribution is 2.39. The number of benzene rings is 1. The van der Waals surface area contributed by atoms with Gasteiger partial charge in [-0.3, -0.25) is 10.1 Å². The van der Waals surface area contributed by atoms with E-state index in [9.17, 15) is 10.1 Å². The van der Waals surface area contributed by atoms with Gasteiger partial charge in [0.25, 0.3) is 5.69 Å². The zero-order chi connectivity index (χ0) is 14.7. The number of nitrogens with one attached hydrogen (secondary N) is 2. The SMILES string of the molecule is O=[N+]([O-])c1cc2c(cc1NCC1COCCN1)OCCO2. The third-order valence-corrected chi connectivity index (χ3v) is 3.39. The second-order valence-electron chi connectivity index (χ2n) is 4.88. The molecule has 2 aliphatic heterocycles. The molecule has 1 fully saturated rings. The van der Waals surface area contributed by atoms with Crippen molar-refractivity contribution in [2.75, 3.05) is 44.8 Å². The third kappa shape index (κ3) is 3.17. The summed E-state index contributed by atoms with van der Waals surface area (Å²) in [7, 11) is 0. The molecule has 1 aromatic carbocycles. The summed E-state index contributed by atoms with van der Waals surface area (Å²) in [6.45, 7) is 3.46. The maximum Gasteiger partial charge on any atom is 0.296 e. The lowest BCUT2D eigenvalue weighted by Crippen LogP contribution is -2.45. The highest BCUT2D eigenvalue weighted by molar-refractivity contribution is 5.68. The summed E-state index contributed by atoms with van der Waals surface area (Å²) in [5, 5.41) is 17.6. The fourth-order valence-electron chi connectivity index (χ4n) is 2.35. The van der Waals surface area contributed by atoms with Crippen LogP contribution >= 0.6 is 0 Å². The van der Waals surface area contributed by atoms with Gasteiger partial charge in [0.1, 0.15) is 18.9 Å². The number of nitro groups is 1. The molecule has 0 aliphatic carbocycles. The molecule has 0 saturated carbocycles. The first-order valence-electron chi connectivity index (χ1n) is 6.87. The van der Waals surface area contributed by atoms with Gasteiger partial charge in [0.05, 0.1) is 24.2 Å². The van der Waals surface area contributed by atoms with Crippen LogP contribution < -0.4 is 20.1 Å². The van der Waals surface area contributed by atoms with E-state index in [0.717, 1.165) is 6.54 Å². The number of nitrogens with zero attached hydrogens (tertiary/aromatic N) is 1. The lowest BCUT2D eigenvalue weighted by molar-refractivity contribution is -0.384. The van der Waals surface area contributed by atoms with Gasteiger partial charge in [-0.2, -0.15) is 0 Å². The maximum absolute atomic E-state index is 11.2. The molecule has 1 atom stereocenters. The van der Waals surface area contributed by atoms with E-state index in [0.29, 0.717) is 50.2 Å². The predicted octanol–water partition coefficient (Wildman–Crippen LogP) is 0.766. The summed E-state index contributed by atoms with van der Waals surface area (Å²) in [5.41, 5.74) is 0.410. The largest absolute Gasteiger partial charge is 0.486 e. The van der Waals surface area contributed by atoms with Crippen LogP contribution in [0.3, 0.4) is 0 Å². The number of nitro benzene ring substituents is 1. The quantitative estimate of drug-likeness (QED) is 0.625. The highest BCUT2D eigenvalue weighted by atomic mass is 16.6. The molecule has 0 radical (unpaired) electrons. The van der Waals surface area contributed by atoms with Crippen LogP contribution in [0, 0.1) is 10.1 Å². The number of ether oxygens (including phenoxy) is 3. The first-order valence-corrected chi connectivity index (χ1v) is 6.87. The molecule has 2 heterocycles. The number of hydrogen-bond donors (Lipinski definition) is 2. The Kier molecular flexibility index (Phi) is 4.07. The molecule has 2 aliphatic rings. The Morgan fingerprint density at radius 1 is 1.29 bits per heavy atom. The number of rotatable bonds is 4. The first-order chi connectivity index (χ1) is 10.2. The Labute approximate surface area is 121 Å². The van der Waals surface area contributed by atoms with Gasteiger partial charge in [-0.15, -0.1) is 0 Å². The molecule has 21 heavy (non-hydrogen) atoms. The first kappa shape index (κ1) is 13.9. The molecule has 1 aromatic rings. The Bertz CT molecular complexity index is 531. The summed E-state index contributed by atoms with van der Waals surface area (Å²) >= 11 is 0. The molecule has 0 spiro atoms. The monoisotopic (exact) mass is 295 g/mol. The number of hydrogen-bond acceptors (Lipinski definition) is 7.